The van der Waals surface area contributed by atoms with Crippen LogP contribution < -0.4 is 11.1 Å². The van der Waals surface area contributed by atoms with E-state index < -0.39 is 0 Å². The molecule has 1 rings (SSSR count). The highest BCUT2D eigenvalue weighted by Gasteiger charge is 2.03. The minimum absolute atomic E-state index is 0.0648. The molecule has 0 atom stereocenters. The lowest BCUT2D eigenvalue weighted by atomic mass is 10.1. The molecule has 0 spiro atoms. The largest absolute Gasteiger partial charge is 0.326 e. The van der Waals surface area contributed by atoms with Crippen LogP contribution >= 0.6 is 0 Å². The summed E-state index contributed by atoms with van der Waals surface area (Å²) in [5.41, 5.74) is 8.17. The van der Waals surface area contributed by atoms with E-state index in [1.807, 2.05) is 25.1 Å². The van der Waals surface area contributed by atoms with Crippen LogP contribution in [0.1, 0.15) is 43.7 Å². The van der Waals surface area contributed by atoms with Gasteiger partial charge in [-0.15, -0.1) is 0 Å². The molecule has 1 amide bonds. The first-order valence-electron chi connectivity index (χ1n) is 6.76. The maximum Gasteiger partial charge on any atom is 0.224 e. The van der Waals surface area contributed by atoms with Gasteiger partial charge in [-0.25, -0.2) is 0 Å². The zero-order valence-corrected chi connectivity index (χ0v) is 11.8. The van der Waals surface area contributed by atoms with Gasteiger partial charge in [-0.3, -0.25) is 4.79 Å². The molecular formula is C16H22N2O. The number of unbranched alkanes of at least 4 members (excludes halogenated alkanes) is 2. The molecule has 0 saturated heterocycles. The van der Waals surface area contributed by atoms with E-state index >= 15 is 0 Å². The van der Waals surface area contributed by atoms with Gasteiger partial charge in [0, 0.05) is 17.7 Å². The Hall–Kier alpha value is -1.79. The Bertz CT molecular complexity index is 483. The fourth-order valence-electron chi connectivity index (χ4n) is 1.74. The van der Waals surface area contributed by atoms with Gasteiger partial charge in [-0.1, -0.05) is 37.7 Å². The lowest BCUT2D eigenvalue weighted by Crippen LogP contribution is -2.11. The van der Waals surface area contributed by atoms with Crippen molar-refractivity contribution < 1.29 is 4.79 Å². The van der Waals surface area contributed by atoms with Gasteiger partial charge >= 0.3 is 0 Å². The molecule has 0 fully saturated rings. The van der Waals surface area contributed by atoms with Crippen molar-refractivity contribution in [3.8, 4) is 11.8 Å². The number of nitrogens with one attached hydrogen (secondary N) is 1. The van der Waals surface area contributed by atoms with Gasteiger partial charge in [-0.2, -0.15) is 0 Å². The molecule has 0 aromatic heterocycles. The number of carbonyl (C=O) groups excluding carboxylic acids is 1. The Morgan fingerprint density at radius 2 is 2.16 bits per heavy atom. The predicted molar refractivity (Wildman–Crippen MR) is 79.9 cm³/mol. The molecule has 3 nitrogen and oxygen atoms in total. The molecule has 0 unspecified atom stereocenters. The van der Waals surface area contributed by atoms with Gasteiger partial charge in [0.1, 0.15) is 0 Å². The number of rotatable bonds is 5. The van der Waals surface area contributed by atoms with Crippen molar-refractivity contribution >= 4 is 11.6 Å². The second kappa shape index (κ2) is 8.34. The molecule has 0 aliphatic rings. The third-order valence-electron chi connectivity index (χ3n) is 2.85. The van der Waals surface area contributed by atoms with Gasteiger partial charge in [-0.05, 0) is 31.0 Å². The summed E-state index contributed by atoms with van der Waals surface area (Å²) in [4.78, 5) is 11.7. The zero-order valence-electron chi connectivity index (χ0n) is 11.8. The Kier molecular flexibility index (Phi) is 6.70. The van der Waals surface area contributed by atoms with Crippen LogP contribution in [0.3, 0.4) is 0 Å². The van der Waals surface area contributed by atoms with Crippen molar-refractivity contribution in [1.82, 2.24) is 0 Å². The summed E-state index contributed by atoms with van der Waals surface area (Å²) in [7, 11) is 0. The fourth-order valence-corrected chi connectivity index (χ4v) is 1.74. The molecule has 19 heavy (non-hydrogen) atoms. The van der Waals surface area contributed by atoms with Crippen molar-refractivity contribution in [1.29, 1.82) is 0 Å². The van der Waals surface area contributed by atoms with Crippen LogP contribution in [0, 0.1) is 18.8 Å². The molecule has 0 bridgehead atoms. The lowest BCUT2D eigenvalue weighted by Gasteiger charge is -2.07. The Morgan fingerprint density at radius 3 is 2.84 bits per heavy atom. The summed E-state index contributed by atoms with van der Waals surface area (Å²) in [6.07, 6.45) is 3.73. The van der Waals surface area contributed by atoms with Crippen LogP contribution in [0.25, 0.3) is 0 Å². The predicted octanol–water partition coefficient (Wildman–Crippen LogP) is 2.82. The quantitative estimate of drug-likeness (QED) is 0.630. The van der Waals surface area contributed by atoms with Crippen molar-refractivity contribution in [2.45, 2.75) is 39.5 Å². The summed E-state index contributed by atoms with van der Waals surface area (Å²) in [6, 6.07) is 5.76. The summed E-state index contributed by atoms with van der Waals surface area (Å²) < 4.78 is 0. The fraction of sp³-hybridized carbons (Fsp3) is 0.438. The number of anilines is 1. The third kappa shape index (κ3) is 5.58. The van der Waals surface area contributed by atoms with E-state index in [9.17, 15) is 4.79 Å². The smallest absolute Gasteiger partial charge is 0.224 e. The second-order valence-corrected chi connectivity index (χ2v) is 4.54. The van der Waals surface area contributed by atoms with E-state index in [0.717, 1.165) is 36.1 Å². The van der Waals surface area contributed by atoms with Crippen LogP contribution in [0.15, 0.2) is 18.2 Å². The molecule has 1 aromatic carbocycles. The van der Waals surface area contributed by atoms with Crippen LogP contribution in [0.5, 0.6) is 0 Å². The first-order valence-corrected chi connectivity index (χ1v) is 6.76. The van der Waals surface area contributed by atoms with Crippen LogP contribution in [0.2, 0.25) is 0 Å². The third-order valence-corrected chi connectivity index (χ3v) is 2.85. The first kappa shape index (κ1) is 15.3. The number of carbonyl (C=O) groups is 1. The average Bonchev–Trinajstić information content (AvgIpc) is 2.39. The number of aryl methyl sites for hydroxylation is 1. The summed E-state index contributed by atoms with van der Waals surface area (Å²) in [6.45, 7) is 4.46. The van der Waals surface area contributed by atoms with Crippen molar-refractivity contribution in [3.63, 3.8) is 0 Å². The Morgan fingerprint density at radius 1 is 1.37 bits per heavy atom. The van der Waals surface area contributed by atoms with E-state index in [4.69, 9.17) is 5.73 Å². The molecule has 0 heterocycles. The number of nitrogens with two attached hydrogens (primary N) is 1. The summed E-state index contributed by atoms with van der Waals surface area (Å²) in [5.74, 6) is 5.91. The molecule has 0 saturated carbocycles. The lowest BCUT2D eigenvalue weighted by molar-refractivity contribution is -0.116. The first-order chi connectivity index (χ1) is 9.17. The summed E-state index contributed by atoms with van der Waals surface area (Å²) >= 11 is 0. The number of amides is 1. The monoisotopic (exact) mass is 258 g/mol. The Balaban J connectivity index is 2.66. The van der Waals surface area contributed by atoms with E-state index in [2.05, 4.69) is 24.1 Å². The minimum Gasteiger partial charge on any atom is -0.326 e. The standard InChI is InChI=1S/C16H22N2O/c1-3-4-5-8-16(19)18-15-10-9-13(2)14(12-15)7-6-11-17/h9-10,12H,3-5,8,11,17H2,1-2H3,(H,18,19). The molecule has 102 valence electrons. The number of benzene rings is 1. The minimum atomic E-state index is 0.0648. The number of hydrogen-bond donors (Lipinski definition) is 2. The average molecular weight is 258 g/mol. The highest BCUT2D eigenvalue weighted by molar-refractivity contribution is 5.90. The molecule has 3 N–H and O–H groups in total. The van der Waals surface area contributed by atoms with E-state index in [0.29, 0.717) is 13.0 Å². The van der Waals surface area contributed by atoms with Crippen LogP contribution in [-0.4, -0.2) is 12.5 Å². The topological polar surface area (TPSA) is 55.1 Å². The van der Waals surface area contributed by atoms with Gasteiger partial charge in [0.25, 0.3) is 0 Å². The zero-order chi connectivity index (χ0) is 14.1. The Labute approximate surface area is 115 Å². The molecule has 1 aromatic rings. The normalized spacial score (nSPS) is 9.63. The maximum atomic E-state index is 11.7. The van der Waals surface area contributed by atoms with Crippen molar-refractivity contribution in [2.24, 2.45) is 5.73 Å². The van der Waals surface area contributed by atoms with E-state index in [-0.39, 0.29) is 5.91 Å². The highest BCUT2D eigenvalue weighted by Crippen LogP contribution is 2.15. The highest BCUT2D eigenvalue weighted by atomic mass is 16.1. The van der Waals surface area contributed by atoms with Crippen LogP contribution in [-0.2, 0) is 4.79 Å². The summed E-state index contributed by atoms with van der Waals surface area (Å²) in [5, 5.41) is 2.91. The molecule has 3 heteroatoms. The maximum absolute atomic E-state index is 11.7. The van der Waals surface area contributed by atoms with Crippen molar-refractivity contribution in [2.75, 3.05) is 11.9 Å². The van der Waals surface area contributed by atoms with Crippen molar-refractivity contribution in [3.05, 3.63) is 29.3 Å². The SMILES string of the molecule is CCCCCC(=O)Nc1ccc(C)c(C#CCN)c1. The molecular weight excluding hydrogens is 236 g/mol. The number of hydrogen-bond acceptors (Lipinski definition) is 2. The molecule has 0 radical (unpaired) electrons. The van der Waals surface area contributed by atoms with E-state index in [1.54, 1.807) is 0 Å². The van der Waals surface area contributed by atoms with E-state index in [1.165, 1.54) is 0 Å². The molecule has 0 aliphatic heterocycles. The molecule has 0 aliphatic carbocycles. The van der Waals surface area contributed by atoms with Crippen LogP contribution in [0.4, 0.5) is 5.69 Å². The second-order valence-electron chi connectivity index (χ2n) is 4.54. The van der Waals surface area contributed by atoms with Gasteiger partial charge in [0.2, 0.25) is 5.91 Å². The van der Waals surface area contributed by atoms with Gasteiger partial charge in [0.05, 0.1) is 6.54 Å². The van der Waals surface area contributed by atoms with Gasteiger partial charge in [0.15, 0.2) is 0 Å². The van der Waals surface area contributed by atoms with Gasteiger partial charge < -0.3 is 11.1 Å².